The minimum atomic E-state index is -0.249. The Bertz CT molecular complexity index is 443. The largest absolute Gasteiger partial charge is 0.330 e. The molecule has 0 aliphatic rings. The first-order valence-corrected chi connectivity index (χ1v) is 7.40. The highest BCUT2D eigenvalue weighted by Gasteiger charge is 2.15. The van der Waals surface area contributed by atoms with Crippen molar-refractivity contribution in [3.63, 3.8) is 0 Å². The van der Waals surface area contributed by atoms with E-state index in [9.17, 15) is 9.18 Å². The lowest BCUT2D eigenvalue weighted by atomic mass is 9.87. The van der Waals surface area contributed by atoms with Gasteiger partial charge in [-0.3, -0.25) is 4.79 Å². The normalized spacial score (nSPS) is 12.7. The van der Waals surface area contributed by atoms with Crippen molar-refractivity contribution in [3.05, 3.63) is 35.1 Å². The molecule has 3 heteroatoms. The van der Waals surface area contributed by atoms with Crippen LogP contribution in [0.3, 0.4) is 0 Å². The Morgan fingerprint density at radius 2 is 2.00 bits per heavy atom. The van der Waals surface area contributed by atoms with Crippen LogP contribution in [0.4, 0.5) is 4.39 Å². The van der Waals surface area contributed by atoms with Gasteiger partial charge in [-0.15, -0.1) is 0 Å². The number of hydrogen-bond donors (Lipinski definition) is 1. The summed E-state index contributed by atoms with van der Waals surface area (Å²) < 4.78 is 13.0. The Labute approximate surface area is 121 Å². The van der Waals surface area contributed by atoms with E-state index in [-0.39, 0.29) is 11.6 Å². The van der Waals surface area contributed by atoms with E-state index >= 15 is 0 Å². The molecule has 2 nitrogen and oxygen atoms in total. The standard InChI is InChI=1S/C17H26FNO/c1-12(2)14(8-9-19)5-7-17(20)11-15-4-6-16(18)10-13(15)3/h4,6,10,12,14H,5,7-9,11,19H2,1-3H3. The number of Topliss-reactive ketones (excluding diaryl/α,β-unsaturated/α-hetero) is 1. The molecule has 112 valence electrons. The lowest BCUT2D eigenvalue weighted by Gasteiger charge is -2.19. The van der Waals surface area contributed by atoms with Crippen LogP contribution in [0.1, 0.15) is 44.2 Å². The van der Waals surface area contributed by atoms with Crippen molar-refractivity contribution in [2.24, 2.45) is 17.6 Å². The first kappa shape index (κ1) is 16.8. The van der Waals surface area contributed by atoms with Crippen LogP contribution in [0.2, 0.25) is 0 Å². The van der Waals surface area contributed by atoms with Crippen molar-refractivity contribution < 1.29 is 9.18 Å². The maximum atomic E-state index is 13.0. The molecule has 2 N–H and O–H groups in total. The highest BCUT2D eigenvalue weighted by molar-refractivity contribution is 5.81. The van der Waals surface area contributed by atoms with E-state index in [0.717, 1.165) is 24.0 Å². The van der Waals surface area contributed by atoms with Crippen LogP contribution in [0, 0.1) is 24.6 Å². The molecule has 0 saturated heterocycles. The van der Waals surface area contributed by atoms with Crippen LogP contribution < -0.4 is 5.73 Å². The summed E-state index contributed by atoms with van der Waals surface area (Å²) in [4.78, 5) is 12.1. The summed E-state index contributed by atoms with van der Waals surface area (Å²) in [6, 6.07) is 4.61. The fourth-order valence-electron chi connectivity index (χ4n) is 2.53. The third-order valence-electron chi connectivity index (χ3n) is 3.97. The van der Waals surface area contributed by atoms with Crippen LogP contribution in [0.25, 0.3) is 0 Å². The summed E-state index contributed by atoms with van der Waals surface area (Å²) in [6.45, 7) is 6.87. The number of ketones is 1. The zero-order chi connectivity index (χ0) is 15.1. The zero-order valence-electron chi connectivity index (χ0n) is 12.8. The second-order valence-corrected chi connectivity index (χ2v) is 5.91. The van der Waals surface area contributed by atoms with E-state index in [0.29, 0.717) is 31.2 Å². The molecule has 1 aromatic rings. The van der Waals surface area contributed by atoms with Gasteiger partial charge in [0, 0.05) is 12.8 Å². The average Bonchev–Trinajstić information content (AvgIpc) is 2.37. The Kier molecular flexibility index (Phi) is 6.86. The Morgan fingerprint density at radius 1 is 1.30 bits per heavy atom. The quantitative estimate of drug-likeness (QED) is 0.789. The van der Waals surface area contributed by atoms with E-state index < -0.39 is 0 Å². The van der Waals surface area contributed by atoms with E-state index in [2.05, 4.69) is 13.8 Å². The van der Waals surface area contributed by atoms with E-state index in [1.54, 1.807) is 6.07 Å². The van der Waals surface area contributed by atoms with E-state index in [1.807, 2.05) is 6.92 Å². The summed E-state index contributed by atoms with van der Waals surface area (Å²) in [7, 11) is 0. The Balaban J connectivity index is 2.51. The van der Waals surface area contributed by atoms with Crippen molar-refractivity contribution in [2.45, 2.75) is 46.5 Å². The molecular weight excluding hydrogens is 253 g/mol. The molecule has 1 unspecified atom stereocenters. The van der Waals surface area contributed by atoms with Crippen LogP contribution in [-0.4, -0.2) is 12.3 Å². The molecule has 0 aliphatic heterocycles. The van der Waals surface area contributed by atoms with Crippen molar-refractivity contribution in [1.29, 1.82) is 0 Å². The smallest absolute Gasteiger partial charge is 0.137 e. The number of benzene rings is 1. The first-order chi connectivity index (χ1) is 9.43. The molecule has 0 saturated carbocycles. The van der Waals surface area contributed by atoms with E-state index in [1.165, 1.54) is 12.1 Å². The second-order valence-electron chi connectivity index (χ2n) is 5.91. The van der Waals surface area contributed by atoms with Crippen LogP contribution in [-0.2, 0) is 11.2 Å². The summed E-state index contributed by atoms with van der Waals surface area (Å²) in [6.07, 6.45) is 2.85. The van der Waals surface area contributed by atoms with Gasteiger partial charge < -0.3 is 5.73 Å². The first-order valence-electron chi connectivity index (χ1n) is 7.40. The predicted molar refractivity (Wildman–Crippen MR) is 81.1 cm³/mol. The van der Waals surface area contributed by atoms with Gasteiger partial charge in [-0.05, 0) is 61.4 Å². The number of aryl methyl sites for hydroxylation is 1. The molecule has 1 aromatic carbocycles. The average molecular weight is 279 g/mol. The number of carbonyl (C=O) groups excluding carboxylic acids is 1. The van der Waals surface area contributed by atoms with Gasteiger partial charge in [-0.25, -0.2) is 4.39 Å². The van der Waals surface area contributed by atoms with Gasteiger partial charge in [-0.2, -0.15) is 0 Å². The lowest BCUT2D eigenvalue weighted by Crippen LogP contribution is -2.16. The molecular formula is C17H26FNO. The van der Waals surface area contributed by atoms with E-state index in [4.69, 9.17) is 5.73 Å². The molecule has 0 spiro atoms. The van der Waals surface area contributed by atoms with Crippen molar-refractivity contribution in [3.8, 4) is 0 Å². The molecule has 0 radical (unpaired) electrons. The maximum absolute atomic E-state index is 13.0. The fraction of sp³-hybridized carbons (Fsp3) is 0.588. The molecule has 1 atom stereocenters. The molecule has 0 bridgehead atoms. The van der Waals surface area contributed by atoms with Crippen LogP contribution in [0.5, 0.6) is 0 Å². The fourth-order valence-corrected chi connectivity index (χ4v) is 2.53. The van der Waals surface area contributed by atoms with Gasteiger partial charge in [0.1, 0.15) is 11.6 Å². The zero-order valence-corrected chi connectivity index (χ0v) is 12.8. The molecule has 0 heterocycles. The summed E-state index contributed by atoms with van der Waals surface area (Å²) in [5.41, 5.74) is 7.39. The van der Waals surface area contributed by atoms with Gasteiger partial charge in [-0.1, -0.05) is 19.9 Å². The number of carbonyl (C=O) groups is 1. The molecule has 1 rings (SSSR count). The second kappa shape index (κ2) is 8.15. The third kappa shape index (κ3) is 5.41. The molecule has 0 amide bonds. The predicted octanol–water partition coefficient (Wildman–Crippen LogP) is 3.65. The monoisotopic (exact) mass is 279 g/mol. The summed E-state index contributed by atoms with van der Waals surface area (Å²) >= 11 is 0. The molecule has 0 fully saturated rings. The minimum Gasteiger partial charge on any atom is -0.330 e. The highest BCUT2D eigenvalue weighted by atomic mass is 19.1. The van der Waals surface area contributed by atoms with Gasteiger partial charge >= 0.3 is 0 Å². The van der Waals surface area contributed by atoms with Gasteiger partial charge in [0.25, 0.3) is 0 Å². The molecule has 20 heavy (non-hydrogen) atoms. The lowest BCUT2D eigenvalue weighted by molar-refractivity contribution is -0.118. The van der Waals surface area contributed by atoms with Crippen LogP contribution >= 0.6 is 0 Å². The Morgan fingerprint density at radius 3 is 2.55 bits per heavy atom. The number of halogens is 1. The van der Waals surface area contributed by atoms with Crippen molar-refractivity contribution >= 4 is 5.78 Å². The van der Waals surface area contributed by atoms with Crippen molar-refractivity contribution in [1.82, 2.24) is 0 Å². The number of hydrogen-bond acceptors (Lipinski definition) is 2. The van der Waals surface area contributed by atoms with Gasteiger partial charge in [0.2, 0.25) is 0 Å². The highest BCUT2D eigenvalue weighted by Crippen LogP contribution is 2.21. The van der Waals surface area contributed by atoms with Gasteiger partial charge in [0.05, 0.1) is 0 Å². The summed E-state index contributed by atoms with van der Waals surface area (Å²) in [5, 5.41) is 0. The number of rotatable bonds is 8. The molecule has 0 aromatic heterocycles. The molecule has 0 aliphatic carbocycles. The van der Waals surface area contributed by atoms with Crippen molar-refractivity contribution in [2.75, 3.05) is 6.54 Å². The third-order valence-corrected chi connectivity index (χ3v) is 3.97. The van der Waals surface area contributed by atoms with Gasteiger partial charge in [0.15, 0.2) is 0 Å². The minimum absolute atomic E-state index is 0.224. The number of nitrogens with two attached hydrogens (primary N) is 1. The van der Waals surface area contributed by atoms with Crippen LogP contribution in [0.15, 0.2) is 18.2 Å². The topological polar surface area (TPSA) is 43.1 Å². The maximum Gasteiger partial charge on any atom is 0.137 e. The summed E-state index contributed by atoms with van der Waals surface area (Å²) in [5.74, 6) is 1.04. The SMILES string of the molecule is Cc1cc(F)ccc1CC(=O)CCC(CCN)C(C)C. The Hall–Kier alpha value is -1.22.